The minimum Gasteiger partial charge on any atom is -0.493 e. The van der Waals surface area contributed by atoms with Gasteiger partial charge in [-0.2, -0.15) is 0 Å². The highest BCUT2D eigenvalue weighted by molar-refractivity contribution is 6.59. The summed E-state index contributed by atoms with van der Waals surface area (Å²) in [7, 11) is 0.0223. The van der Waals surface area contributed by atoms with Crippen molar-refractivity contribution in [1.82, 2.24) is 4.90 Å². The molecule has 0 bridgehead atoms. The van der Waals surface area contributed by atoms with Gasteiger partial charge in [-0.3, -0.25) is 4.90 Å². The zero-order valence-electron chi connectivity index (χ0n) is 18.6. The number of halogens is 1. The van der Waals surface area contributed by atoms with Gasteiger partial charge in [0.05, 0.1) is 13.7 Å². The van der Waals surface area contributed by atoms with Crippen molar-refractivity contribution in [3.05, 3.63) is 47.0 Å². The van der Waals surface area contributed by atoms with Gasteiger partial charge in [-0.25, -0.2) is 4.79 Å². The van der Waals surface area contributed by atoms with E-state index in [9.17, 15) is 14.8 Å². The minimum atomic E-state index is -1.58. The maximum Gasteiger partial charge on any atom is 0.488 e. The number of nitrogens with zero attached hydrogens (tertiary/aromatic N) is 2. The number of rotatable bonds is 10. The molecule has 1 aliphatic rings. The van der Waals surface area contributed by atoms with Crippen molar-refractivity contribution in [1.29, 1.82) is 0 Å². The standard InChI is InChI=1S/C23H30BClN2O5/c1-3-4-5-13-32-22-15-19(9-10-21(22)31-2)27-12-6-11-26(23(27)28)16-17-7-8-18(24(29)30)14-20(17)25/h7-10,14-15,29-30H,3-6,11-13,16H2,1-2H3. The number of hydrogen-bond donors (Lipinski definition) is 2. The summed E-state index contributed by atoms with van der Waals surface area (Å²) in [5.41, 5.74) is 1.83. The number of carbonyl (C=O) groups excluding carboxylic acids is 1. The highest BCUT2D eigenvalue weighted by atomic mass is 35.5. The first-order chi connectivity index (χ1) is 15.4. The molecule has 32 heavy (non-hydrogen) atoms. The van der Waals surface area contributed by atoms with Crippen molar-refractivity contribution >= 4 is 35.9 Å². The molecule has 1 aliphatic heterocycles. The zero-order valence-corrected chi connectivity index (χ0v) is 19.3. The molecule has 2 aromatic rings. The van der Waals surface area contributed by atoms with Crippen LogP contribution in [0.25, 0.3) is 0 Å². The molecule has 172 valence electrons. The van der Waals surface area contributed by atoms with Gasteiger partial charge in [0.15, 0.2) is 11.5 Å². The Bertz CT molecular complexity index is 927. The number of urea groups is 1. The lowest BCUT2D eigenvalue weighted by Crippen LogP contribution is -2.49. The topological polar surface area (TPSA) is 82.5 Å². The molecule has 2 amide bonds. The second-order valence-electron chi connectivity index (χ2n) is 7.82. The monoisotopic (exact) mass is 460 g/mol. The van der Waals surface area contributed by atoms with Crippen LogP contribution in [0, 0.1) is 0 Å². The third-order valence-corrected chi connectivity index (χ3v) is 5.86. The molecule has 0 atom stereocenters. The van der Waals surface area contributed by atoms with Crippen LogP contribution >= 0.6 is 11.6 Å². The number of methoxy groups -OCH3 is 1. The summed E-state index contributed by atoms with van der Waals surface area (Å²) in [5.74, 6) is 1.27. The quantitative estimate of drug-likeness (QED) is 0.419. The van der Waals surface area contributed by atoms with E-state index in [0.717, 1.165) is 36.9 Å². The van der Waals surface area contributed by atoms with Crippen molar-refractivity contribution in [2.45, 2.75) is 39.2 Å². The first kappa shape index (κ1) is 24.2. The van der Waals surface area contributed by atoms with Crippen molar-refractivity contribution in [2.24, 2.45) is 0 Å². The highest BCUT2D eigenvalue weighted by Crippen LogP contribution is 2.33. The van der Waals surface area contributed by atoms with Crippen LogP contribution in [0.2, 0.25) is 5.02 Å². The first-order valence-electron chi connectivity index (χ1n) is 11.0. The summed E-state index contributed by atoms with van der Waals surface area (Å²) in [6, 6.07) is 10.3. The summed E-state index contributed by atoms with van der Waals surface area (Å²) >= 11 is 6.31. The van der Waals surface area contributed by atoms with Gasteiger partial charge in [0.25, 0.3) is 0 Å². The number of ether oxygens (including phenoxy) is 2. The van der Waals surface area contributed by atoms with Gasteiger partial charge < -0.3 is 24.4 Å². The molecule has 0 spiro atoms. The SMILES string of the molecule is CCCCCOc1cc(N2CCCN(Cc3ccc(B(O)O)cc3Cl)C2=O)ccc1OC. The number of anilines is 1. The maximum atomic E-state index is 13.2. The average Bonchev–Trinajstić information content (AvgIpc) is 2.79. The van der Waals surface area contributed by atoms with Gasteiger partial charge in [0.2, 0.25) is 0 Å². The third kappa shape index (κ3) is 5.88. The molecule has 0 radical (unpaired) electrons. The van der Waals surface area contributed by atoms with Crippen LogP contribution in [0.4, 0.5) is 10.5 Å². The van der Waals surface area contributed by atoms with Gasteiger partial charge in [-0.1, -0.05) is 43.5 Å². The van der Waals surface area contributed by atoms with Crippen LogP contribution in [0.1, 0.15) is 38.2 Å². The molecule has 1 heterocycles. The smallest absolute Gasteiger partial charge is 0.488 e. The number of carbonyl (C=O) groups is 1. The van der Waals surface area contributed by atoms with Crippen LogP contribution in [0.3, 0.4) is 0 Å². The van der Waals surface area contributed by atoms with E-state index in [1.165, 1.54) is 6.07 Å². The van der Waals surface area contributed by atoms with E-state index < -0.39 is 7.12 Å². The fourth-order valence-electron chi connectivity index (χ4n) is 3.71. The van der Waals surface area contributed by atoms with Gasteiger partial charge >= 0.3 is 13.1 Å². The molecule has 3 rings (SSSR count). The molecule has 0 unspecified atom stereocenters. The molecule has 9 heteroatoms. The first-order valence-corrected chi connectivity index (χ1v) is 11.3. The lowest BCUT2D eigenvalue weighted by atomic mass is 9.80. The Morgan fingerprint density at radius 2 is 1.91 bits per heavy atom. The van der Waals surface area contributed by atoms with Crippen LogP contribution < -0.4 is 19.8 Å². The molecule has 0 aromatic heterocycles. The highest BCUT2D eigenvalue weighted by Gasteiger charge is 2.28. The summed E-state index contributed by atoms with van der Waals surface area (Å²) < 4.78 is 11.4. The fraction of sp³-hybridized carbons (Fsp3) is 0.435. The maximum absolute atomic E-state index is 13.2. The Morgan fingerprint density at radius 3 is 2.59 bits per heavy atom. The lowest BCUT2D eigenvalue weighted by molar-refractivity contribution is 0.192. The number of amides is 2. The summed E-state index contributed by atoms with van der Waals surface area (Å²) in [4.78, 5) is 16.7. The third-order valence-electron chi connectivity index (χ3n) is 5.51. The fourth-order valence-corrected chi connectivity index (χ4v) is 3.95. The van der Waals surface area contributed by atoms with Crippen LogP contribution in [0.5, 0.6) is 11.5 Å². The summed E-state index contributed by atoms with van der Waals surface area (Å²) in [6.45, 7) is 4.32. The molecule has 1 saturated heterocycles. The lowest BCUT2D eigenvalue weighted by Gasteiger charge is -2.36. The molecule has 2 aromatic carbocycles. The Hall–Kier alpha value is -2.42. The zero-order chi connectivity index (χ0) is 23.1. The number of unbranched alkanes of at least 4 members (excludes halogenated alkanes) is 2. The van der Waals surface area contributed by atoms with Crippen molar-refractivity contribution < 1.29 is 24.3 Å². The van der Waals surface area contributed by atoms with E-state index in [1.54, 1.807) is 29.0 Å². The van der Waals surface area contributed by atoms with Crippen LogP contribution in [-0.2, 0) is 6.54 Å². The Balaban J connectivity index is 1.74. The average molecular weight is 461 g/mol. The van der Waals surface area contributed by atoms with E-state index >= 15 is 0 Å². The van der Waals surface area contributed by atoms with Crippen molar-refractivity contribution in [3.63, 3.8) is 0 Å². The molecule has 0 aliphatic carbocycles. The number of benzene rings is 2. The molecule has 0 saturated carbocycles. The summed E-state index contributed by atoms with van der Waals surface area (Å²) in [5, 5.41) is 19.0. The van der Waals surface area contributed by atoms with E-state index in [4.69, 9.17) is 21.1 Å². The Labute approximate surface area is 194 Å². The van der Waals surface area contributed by atoms with Crippen LogP contribution in [0.15, 0.2) is 36.4 Å². The minimum absolute atomic E-state index is 0.110. The number of hydrogen-bond acceptors (Lipinski definition) is 5. The van der Waals surface area contributed by atoms with E-state index in [1.807, 2.05) is 18.2 Å². The molecule has 7 nitrogen and oxygen atoms in total. The second-order valence-corrected chi connectivity index (χ2v) is 8.23. The Kier molecular flexibility index (Phi) is 8.67. The van der Waals surface area contributed by atoms with E-state index in [-0.39, 0.29) is 6.03 Å². The largest absolute Gasteiger partial charge is 0.493 e. The predicted molar refractivity (Wildman–Crippen MR) is 127 cm³/mol. The van der Waals surface area contributed by atoms with Gasteiger partial charge in [-0.15, -0.1) is 0 Å². The van der Waals surface area contributed by atoms with Gasteiger partial charge in [0, 0.05) is 36.4 Å². The van der Waals surface area contributed by atoms with E-state index in [2.05, 4.69) is 6.92 Å². The molecule has 1 fully saturated rings. The van der Waals surface area contributed by atoms with Gasteiger partial charge in [0.1, 0.15) is 0 Å². The molecular weight excluding hydrogens is 431 g/mol. The summed E-state index contributed by atoms with van der Waals surface area (Å²) in [6.07, 6.45) is 4.00. The second kappa shape index (κ2) is 11.5. The normalized spacial score (nSPS) is 14.0. The molecular formula is C23H30BClN2O5. The van der Waals surface area contributed by atoms with E-state index in [0.29, 0.717) is 48.2 Å². The predicted octanol–water partition coefficient (Wildman–Crippen LogP) is 3.43. The van der Waals surface area contributed by atoms with Crippen LogP contribution in [-0.4, -0.2) is 54.9 Å². The molecule has 2 N–H and O–H groups in total. The van der Waals surface area contributed by atoms with Gasteiger partial charge in [-0.05, 0) is 42.1 Å². The van der Waals surface area contributed by atoms with Crippen molar-refractivity contribution in [2.75, 3.05) is 31.7 Å². The Morgan fingerprint density at radius 1 is 1.09 bits per heavy atom. The van der Waals surface area contributed by atoms with Crippen molar-refractivity contribution in [3.8, 4) is 11.5 Å².